The molecule has 0 radical (unpaired) electrons. The Kier molecular flexibility index (Phi) is 3.83. The van der Waals surface area contributed by atoms with Gasteiger partial charge in [-0.25, -0.2) is 4.39 Å². The second-order valence-corrected chi connectivity index (χ2v) is 4.74. The summed E-state index contributed by atoms with van der Waals surface area (Å²) in [5.41, 5.74) is 4.73. The summed E-state index contributed by atoms with van der Waals surface area (Å²) in [6.45, 7) is 3.24. The van der Waals surface area contributed by atoms with Crippen molar-refractivity contribution in [1.29, 1.82) is 0 Å². The van der Waals surface area contributed by atoms with Gasteiger partial charge in [-0.3, -0.25) is 4.79 Å². The normalized spacial score (nSPS) is 11.1. The molecule has 0 saturated heterocycles. The number of nitrogens with two attached hydrogens (primary N) is 1. The summed E-state index contributed by atoms with van der Waals surface area (Å²) >= 11 is 4.85. The molecule has 92 valence electrons. The monoisotopic (exact) mass is 254 g/mol. The number of anilines is 1. The van der Waals surface area contributed by atoms with E-state index in [0.29, 0.717) is 0 Å². The molecule has 0 aromatic heterocycles. The van der Waals surface area contributed by atoms with Crippen LogP contribution in [-0.2, 0) is 4.79 Å². The Balaban J connectivity index is 3.07. The quantitative estimate of drug-likeness (QED) is 0.840. The molecule has 17 heavy (non-hydrogen) atoms. The Morgan fingerprint density at radius 2 is 1.94 bits per heavy atom. The van der Waals surface area contributed by atoms with Gasteiger partial charge in [0.15, 0.2) is 0 Å². The van der Waals surface area contributed by atoms with Crippen LogP contribution in [0, 0.1) is 11.2 Å². The van der Waals surface area contributed by atoms with E-state index in [9.17, 15) is 9.18 Å². The smallest absolute Gasteiger partial charge is 0.239 e. The van der Waals surface area contributed by atoms with Crippen LogP contribution in [0.15, 0.2) is 24.3 Å². The first kappa shape index (κ1) is 13.6. The van der Waals surface area contributed by atoms with Gasteiger partial charge in [0.2, 0.25) is 5.91 Å². The fourth-order valence-corrected chi connectivity index (χ4v) is 1.45. The third-order valence-corrected chi connectivity index (χ3v) is 3.18. The Morgan fingerprint density at radius 3 is 2.41 bits per heavy atom. The molecule has 0 bridgehead atoms. The van der Waals surface area contributed by atoms with E-state index in [1.54, 1.807) is 26.0 Å². The first-order valence-corrected chi connectivity index (χ1v) is 5.52. The van der Waals surface area contributed by atoms with E-state index in [1.807, 2.05) is 0 Å². The van der Waals surface area contributed by atoms with Crippen molar-refractivity contribution in [3.63, 3.8) is 0 Å². The molecule has 0 aliphatic rings. The maximum Gasteiger partial charge on any atom is 0.239 e. The first-order chi connectivity index (χ1) is 7.78. The van der Waals surface area contributed by atoms with Crippen molar-refractivity contribution in [2.75, 3.05) is 11.9 Å². The van der Waals surface area contributed by atoms with Crippen molar-refractivity contribution in [2.24, 2.45) is 11.1 Å². The van der Waals surface area contributed by atoms with Crippen LogP contribution in [0.2, 0.25) is 0 Å². The van der Waals surface area contributed by atoms with Crippen LogP contribution in [0.3, 0.4) is 0 Å². The molecule has 1 aromatic rings. The van der Waals surface area contributed by atoms with Crippen LogP contribution in [0.5, 0.6) is 0 Å². The minimum absolute atomic E-state index is 0.0886. The number of amides is 1. The zero-order valence-corrected chi connectivity index (χ0v) is 10.8. The highest BCUT2D eigenvalue weighted by atomic mass is 32.1. The number of carbonyl (C=O) groups excluding carboxylic acids is 1. The van der Waals surface area contributed by atoms with Crippen LogP contribution in [0.25, 0.3) is 0 Å². The average Bonchev–Trinajstić information content (AvgIpc) is 2.27. The van der Waals surface area contributed by atoms with Crippen LogP contribution in [0.4, 0.5) is 10.1 Å². The first-order valence-electron chi connectivity index (χ1n) is 5.11. The van der Waals surface area contributed by atoms with Crippen molar-refractivity contribution in [2.45, 2.75) is 13.8 Å². The lowest BCUT2D eigenvalue weighted by Gasteiger charge is -2.28. The maximum atomic E-state index is 13.5. The molecule has 0 unspecified atom stereocenters. The molecular formula is C12H15FN2OS. The Labute approximate surface area is 105 Å². The summed E-state index contributed by atoms with van der Waals surface area (Å²) < 4.78 is 13.5. The van der Waals surface area contributed by atoms with E-state index < -0.39 is 11.2 Å². The van der Waals surface area contributed by atoms with E-state index in [-0.39, 0.29) is 16.6 Å². The van der Waals surface area contributed by atoms with Gasteiger partial charge >= 0.3 is 0 Å². The number of benzene rings is 1. The Bertz CT molecular complexity index is 460. The highest BCUT2D eigenvalue weighted by Gasteiger charge is 2.34. The molecule has 0 heterocycles. The van der Waals surface area contributed by atoms with Crippen LogP contribution >= 0.6 is 12.2 Å². The van der Waals surface area contributed by atoms with Crippen LogP contribution < -0.4 is 10.6 Å². The lowest BCUT2D eigenvalue weighted by atomic mass is 9.91. The summed E-state index contributed by atoms with van der Waals surface area (Å²) in [5, 5.41) is 0. The van der Waals surface area contributed by atoms with Gasteiger partial charge in [-0.15, -0.1) is 0 Å². The summed E-state index contributed by atoms with van der Waals surface area (Å²) in [6, 6.07) is 6.06. The average molecular weight is 254 g/mol. The van der Waals surface area contributed by atoms with E-state index in [1.165, 1.54) is 24.1 Å². The standard InChI is InChI=1S/C12H15FN2OS/c1-12(2,10(14)17)11(16)15(3)9-7-5-4-6-8(9)13/h4-7H,1-3H3,(H2,14,17). The second-order valence-electron chi connectivity index (χ2n) is 4.30. The number of rotatable bonds is 3. The summed E-state index contributed by atoms with van der Waals surface area (Å²) in [7, 11) is 1.50. The Morgan fingerprint density at radius 1 is 1.41 bits per heavy atom. The largest absolute Gasteiger partial charge is 0.392 e. The van der Waals surface area contributed by atoms with E-state index in [2.05, 4.69) is 0 Å². The number of carbonyl (C=O) groups is 1. The fraction of sp³-hybridized carbons (Fsp3) is 0.333. The van der Waals surface area contributed by atoms with Gasteiger partial charge in [-0.1, -0.05) is 24.4 Å². The third kappa shape index (κ3) is 2.61. The number of para-hydroxylation sites is 1. The highest BCUT2D eigenvalue weighted by Crippen LogP contribution is 2.24. The molecule has 2 N–H and O–H groups in total. The fourth-order valence-electron chi connectivity index (χ4n) is 1.36. The topological polar surface area (TPSA) is 46.3 Å². The molecule has 0 aliphatic carbocycles. The molecule has 3 nitrogen and oxygen atoms in total. The minimum atomic E-state index is -0.994. The molecule has 1 amide bonds. The number of halogens is 1. The number of hydrogen-bond acceptors (Lipinski definition) is 2. The summed E-state index contributed by atoms with van der Waals surface area (Å²) in [5.74, 6) is -0.794. The molecule has 1 aromatic carbocycles. The van der Waals surface area contributed by atoms with Crippen LogP contribution in [0.1, 0.15) is 13.8 Å². The second kappa shape index (κ2) is 4.79. The lowest BCUT2D eigenvalue weighted by Crippen LogP contribution is -2.46. The summed E-state index contributed by atoms with van der Waals surface area (Å²) in [6.07, 6.45) is 0. The molecule has 0 spiro atoms. The van der Waals surface area contributed by atoms with Crippen LogP contribution in [-0.4, -0.2) is 17.9 Å². The van der Waals surface area contributed by atoms with Gasteiger partial charge in [-0.05, 0) is 26.0 Å². The van der Waals surface area contributed by atoms with Gasteiger partial charge in [-0.2, -0.15) is 0 Å². The predicted octanol–water partition coefficient (Wildman–Crippen LogP) is 2.10. The maximum absolute atomic E-state index is 13.5. The predicted molar refractivity (Wildman–Crippen MR) is 70.4 cm³/mol. The van der Waals surface area contributed by atoms with E-state index in [4.69, 9.17) is 18.0 Å². The molecule has 5 heteroatoms. The van der Waals surface area contributed by atoms with Gasteiger partial charge < -0.3 is 10.6 Å². The van der Waals surface area contributed by atoms with Crippen molar-refractivity contribution in [3.05, 3.63) is 30.1 Å². The van der Waals surface area contributed by atoms with Crippen molar-refractivity contribution >= 4 is 28.8 Å². The minimum Gasteiger partial charge on any atom is -0.392 e. The van der Waals surface area contributed by atoms with Crippen molar-refractivity contribution in [3.8, 4) is 0 Å². The van der Waals surface area contributed by atoms with Gasteiger partial charge in [0, 0.05) is 7.05 Å². The van der Waals surface area contributed by atoms with E-state index in [0.717, 1.165) is 0 Å². The van der Waals surface area contributed by atoms with E-state index >= 15 is 0 Å². The Hall–Kier alpha value is -1.49. The number of nitrogens with zero attached hydrogens (tertiary/aromatic N) is 1. The summed E-state index contributed by atoms with van der Waals surface area (Å²) in [4.78, 5) is 13.5. The zero-order chi connectivity index (χ0) is 13.2. The number of thiocarbonyl (C=S) groups is 1. The molecule has 0 aliphatic heterocycles. The lowest BCUT2D eigenvalue weighted by molar-refractivity contribution is -0.123. The van der Waals surface area contributed by atoms with Gasteiger partial charge in [0.05, 0.1) is 16.1 Å². The van der Waals surface area contributed by atoms with Gasteiger partial charge in [0.25, 0.3) is 0 Å². The number of hydrogen-bond donors (Lipinski definition) is 1. The SMILES string of the molecule is CN(C(=O)C(C)(C)C(N)=S)c1ccccc1F. The third-order valence-electron chi connectivity index (χ3n) is 2.67. The molecule has 0 fully saturated rings. The molecule has 0 saturated carbocycles. The highest BCUT2D eigenvalue weighted by molar-refractivity contribution is 7.80. The van der Waals surface area contributed by atoms with Gasteiger partial charge in [0.1, 0.15) is 5.82 Å². The zero-order valence-electron chi connectivity index (χ0n) is 10.0. The molecule has 0 atom stereocenters. The van der Waals surface area contributed by atoms with Crippen molar-refractivity contribution in [1.82, 2.24) is 0 Å². The van der Waals surface area contributed by atoms with Crippen molar-refractivity contribution < 1.29 is 9.18 Å². The molecule has 1 rings (SSSR count). The molecular weight excluding hydrogens is 239 g/mol.